The van der Waals surface area contributed by atoms with E-state index in [1.165, 1.54) is 6.92 Å². The van der Waals surface area contributed by atoms with Crippen molar-refractivity contribution in [1.29, 1.82) is 0 Å². The molecule has 0 saturated carbocycles. The van der Waals surface area contributed by atoms with E-state index in [1.54, 1.807) is 6.20 Å². The van der Waals surface area contributed by atoms with E-state index in [1.807, 2.05) is 12.1 Å². The van der Waals surface area contributed by atoms with Gasteiger partial charge in [-0.2, -0.15) is 0 Å². The number of aromatic nitrogens is 1. The fourth-order valence-corrected chi connectivity index (χ4v) is 0.808. The molecular formula is C8H12N2O2. The van der Waals surface area contributed by atoms with E-state index < -0.39 is 6.10 Å². The van der Waals surface area contributed by atoms with Gasteiger partial charge in [0.1, 0.15) is 6.10 Å². The lowest BCUT2D eigenvalue weighted by Gasteiger charge is -2.04. The molecule has 0 aromatic carbocycles. The van der Waals surface area contributed by atoms with E-state index in [2.05, 4.69) is 10.3 Å². The Balaban J connectivity index is 2.32. The number of aromatic amines is 1. The number of hydrogen-bond acceptors (Lipinski definition) is 2. The maximum atomic E-state index is 10.9. The van der Waals surface area contributed by atoms with Crippen molar-refractivity contribution in [2.75, 3.05) is 0 Å². The number of H-pyrrole nitrogens is 1. The van der Waals surface area contributed by atoms with Crippen molar-refractivity contribution in [1.82, 2.24) is 10.3 Å². The van der Waals surface area contributed by atoms with Gasteiger partial charge in [0.2, 0.25) is 5.91 Å². The van der Waals surface area contributed by atoms with Crippen LogP contribution in [0.3, 0.4) is 0 Å². The number of hydrogen-bond donors (Lipinski definition) is 3. The minimum absolute atomic E-state index is 0.357. The van der Waals surface area contributed by atoms with Gasteiger partial charge in [-0.25, -0.2) is 0 Å². The normalized spacial score (nSPS) is 12.5. The average molecular weight is 168 g/mol. The Morgan fingerprint density at radius 3 is 3.08 bits per heavy atom. The molecule has 1 aromatic heterocycles. The monoisotopic (exact) mass is 168 g/mol. The van der Waals surface area contributed by atoms with Gasteiger partial charge in [-0.1, -0.05) is 0 Å². The van der Waals surface area contributed by atoms with Gasteiger partial charge in [-0.15, -0.1) is 0 Å². The molecule has 0 fully saturated rings. The molecule has 4 nitrogen and oxygen atoms in total. The van der Waals surface area contributed by atoms with Crippen LogP contribution in [0.4, 0.5) is 0 Å². The molecule has 0 aliphatic heterocycles. The number of aliphatic hydroxyl groups is 1. The summed E-state index contributed by atoms with van der Waals surface area (Å²) >= 11 is 0. The summed E-state index contributed by atoms with van der Waals surface area (Å²) in [6, 6.07) is 3.71. The highest BCUT2D eigenvalue weighted by Crippen LogP contribution is 1.93. The molecule has 1 rings (SSSR count). The Morgan fingerprint density at radius 2 is 2.58 bits per heavy atom. The summed E-state index contributed by atoms with van der Waals surface area (Å²) in [5, 5.41) is 11.4. The van der Waals surface area contributed by atoms with E-state index in [0.717, 1.165) is 5.69 Å². The van der Waals surface area contributed by atoms with Crippen LogP contribution >= 0.6 is 0 Å². The highest BCUT2D eigenvalue weighted by molar-refractivity contribution is 5.79. The fraction of sp³-hybridized carbons (Fsp3) is 0.375. The lowest BCUT2D eigenvalue weighted by atomic mass is 10.3. The Morgan fingerprint density at radius 1 is 1.83 bits per heavy atom. The third-order valence-electron chi connectivity index (χ3n) is 1.49. The van der Waals surface area contributed by atoms with Crippen molar-refractivity contribution in [3.05, 3.63) is 24.0 Å². The predicted octanol–water partition coefficient (Wildman–Crippen LogP) is 0.0117. The minimum Gasteiger partial charge on any atom is -0.384 e. The average Bonchev–Trinajstić information content (AvgIpc) is 2.51. The first kappa shape index (κ1) is 8.80. The van der Waals surface area contributed by atoms with Gasteiger partial charge >= 0.3 is 0 Å². The van der Waals surface area contributed by atoms with Crippen LogP contribution in [0, 0.1) is 0 Å². The van der Waals surface area contributed by atoms with Gasteiger partial charge in [-0.3, -0.25) is 4.79 Å². The molecule has 1 heterocycles. The molecule has 0 saturated heterocycles. The zero-order valence-electron chi connectivity index (χ0n) is 6.87. The lowest BCUT2D eigenvalue weighted by molar-refractivity contribution is -0.128. The molecule has 1 atom stereocenters. The standard InChI is InChI=1S/C8H12N2O2/c1-6(11)8(12)10-5-7-3-2-4-9-7/h2-4,6,9,11H,5H2,1H3,(H,10,12)/t6-/m1/s1. The molecular weight excluding hydrogens is 156 g/mol. The topological polar surface area (TPSA) is 65.1 Å². The molecule has 4 heteroatoms. The third-order valence-corrected chi connectivity index (χ3v) is 1.49. The first-order valence-electron chi connectivity index (χ1n) is 3.78. The van der Waals surface area contributed by atoms with E-state index in [0.29, 0.717) is 6.54 Å². The highest BCUT2D eigenvalue weighted by Gasteiger charge is 2.06. The number of rotatable bonds is 3. The highest BCUT2D eigenvalue weighted by atomic mass is 16.3. The van der Waals surface area contributed by atoms with E-state index in [9.17, 15) is 4.79 Å². The number of nitrogens with one attached hydrogen (secondary N) is 2. The van der Waals surface area contributed by atoms with Crippen LogP contribution in [0.5, 0.6) is 0 Å². The second-order valence-corrected chi connectivity index (χ2v) is 2.59. The summed E-state index contributed by atoms with van der Waals surface area (Å²) < 4.78 is 0. The summed E-state index contributed by atoms with van der Waals surface area (Å²) in [6.07, 6.45) is 0.837. The van der Waals surface area contributed by atoms with Crippen LogP contribution in [-0.4, -0.2) is 22.1 Å². The first-order chi connectivity index (χ1) is 5.70. The van der Waals surface area contributed by atoms with Crippen molar-refractivity contribution in [2.45, 2.75) is 19.6 Å². The molecule has 0 radical (unpaired) electrons. The number of amides is 1. The third kappa shape index (κ3) is 2.39. The van der Waals surface area contributed by atoms with Crippen molar-refractivity contribution >= 4 is 5.91 Å². The van der Waals surface area contributed by atoms with Crippen LogP contribution in [0.2, 0.25) is 0 Å². The van der Waals surface area contributed by atoms with Crippen LogP contribution in [-0.2, 0) is 11.3 Å². The van der Waals surface area contributed by atoms with Crippen LogP contribution in [0.1, 0.15) is 12.6 Å². The van der Waals surface area contributed by atoms with Gasteiger partial charge < -0.3 is 15.4 Å². The molecule has 0 unspecified atom stereocenters. The van der Waals surface area contributed by atoms with E-state index in [-0.39, 0.29) is 5.91 Å². The first-order valence-corrected chi connectivity index (χ1v) is 3.78. The summed E-state index contributed by atoms with van der Waals surface area (Å²) in [4.78, 5) is 13.8. The molecule has 0 bridgehead atoms. The fourth-order valence-electron chi connectivity index (χ4n) is 0.808. The second-order valence-electron chi connectivity index (χ2n) is 2.59. The maximum absolute atomic E-state index is 10.9. The zero-order chi connectivity index (χ0) is 8.97. The molecule has 12 heavy (non-hydrogen) atoms. The Hall–Kier alpha value is -1.29. The molecule has 0 spiro atoms. The summed E-state index contributed by atoms with van der Waals surface area (Å²) in [5.74, 6) is -0.357. The largest absolute Gasteiger partial charge is 0.384 e. The molecule has 0 aliphatic carbocycles. The maximum Gasteiger partial charge on any atom is 0.248 e. The van der Waals surface area contributed by atoms with Crippen molar-refractivity contribution in [2.24, 2.45) is 0 Å². The van der Waals surface area contributed by atoms with Crippen LogP contribution < -0.4 is 5.32 Å². The van der Waals surface area contributed by atoms with Crippen molar-refractivity contribution < 1.29 is 9.90 Å². The van der Waals surface area contributed by atoms with Gasteiger partial charge in [0.05, 0.1) is 6.54 Å². The Labute approximate surface area is 70.6 Å². The van der Waals surface area contributed by atoms with Crippen molar-refractivity contribution in [3.63, 3.8) is 0 Å². The molecule has 1 amide bonds. The number of carbonyl (C=O) groups is 1. The smallest absolute Gasteiger partial charge is 0.248 e. The second kappa shape index (κ2) is 3.92. The zero-order valence-corrected chi connectivity index (χ0v) is 6.87. The summed E-state index contributed by atoms with van der Waals surface area (Å²) in [7, 11) is 0. The summed E-state index contributed by atoms with van der Waals surface area (Å²) in [5.41, 5.74) is 0.920. The van der Waals surface area contributed by atoms with Gasteiger partial charge in [0.15, 0.2) is 0 Å². The van der Waals surface area contributed by atoms with E-state index in [4.69, 9.17) is 5.11 Å². The van der Waals surface area contributed by atoms with Gasteiger partial charge in [-0.05, 0) is 19.1 Å². The Kier molecular flexibility index (Phi) is 2.88. The Bertz CT molecular complexity index is 242. The molecule has 3 N–H and O–H groups in total. The molecule has 0 aliphatic rings. The lowest BCUT2D eigenvalue weighted by Crippen LogP contribution is -2.31. The van der Waals surface area contributed by atoms with Crippen LogP contribution in [0.25, 0.3) is 0 Å². The predicted molar refractivity (Wildman–Crippen MR) is 44.3 cm³/mol. The minimum atomic E-state index is -0.944. The molecule has 1 aromatic rings. The number of aliphatic hydroxyl groups excluding tert-OH is 1. The molecule has 66 valence electrons. The van der Waals surface area contributed by atoms with E-state index >= 15 is 0 Å². The quantitative estimate of drug-likeness (QED) is 0.595. The van der Waals surface area contributed by atoms with Gasteiger partial charge in [0.25, 0.3) is 0 Å². The van der Waals surface area contributed by atoms with Crippen LogP contribution in [0.15, 0.2) is 18.3 Å². The number of carbonyl (C=O) groups excluding carboxylic acids is 1. The SMILES string of the molecule is C[C@@H](O)C(=O)NCc1ccc[nH]1. The summed E-state index contributed by atoms with van der Waals surface area (Å²) in [6.45, 7) is 1.86. The van der Waals surface area contributed by atoms with Gasteiger partial charge in [0, 0.05) is 11.9 Å². The van der Waals surface area contributed by atoms with Crippen molar-refractivity contribution in [3.8, 4) is 0 Å².